The standard InChI is InChI=1S/C21H25FN6O5S/c1-21(29)6-9-32-13-17(21)33-19-14(10-23)11-25-20(27-19)26-16-5-8-28(12-15(16)22)34(30,31)18-4-2-3-7-24-18/h2-4,7,11,15-17,29H,5-6,8-9,12-13H2,1H3,(H,25,26,27)/t15-,16-,17?,21?/m1/s1. The van der Waals surface area contributed by atoms with Gasteiger partial charge in [-0.2, -0.15) is 14.6 Å². The number of nitrogens with zero attached hydrogens (tertiary/aromatic N) is 5. The van der Waals surface area contributed by atoms with Crippen molar-refractivity contribution >= 4 is 16.0 Å². The minimum absolute atomic E-state index is 0.0269. The van der Waals surface area contributed by atoms with Crippen LogP contribution in [0.5, 0.6) is 5.88 Å². The number of sulfonamides is 1. The Morgan fingerprint density at radius 3 is 2.91 bits per heavy atom. The quantitative estimate of drug-likeness (QED) is 0.594. The fraction of sp³-hybridized carbons (Fsp3) is 0.524. The molecule has 0 amide bonds. The Balaban J connectivity index is 1.45. The van der Waals surface area contributed by atoms with Crippen LogP contribution in [-0.2, 0) is 14.8 Å². The predicted molar refractivity (Wildman–Crippen MR) is 117 cm³/mol. The van der Waals surface area contributed by atoms with Crippen molar-refractivity contribution in [2.75, 3.05) is 31.6 Å². The molecule has 0 spiro atoms. The molecule has 2 aromatic rings. The lowest BCUT2D eigenvalue weighted by Gasteiger charge is -2.36. The normalized spacial score (nSPS) is 28.1. The number of aromatic nitrogens is 3. The minimum Gasteiger partial charge on any atom is -0.468 e. The third-order valence-corrected chi connectivity index (χ3v) is 7.69. The molecule has 2 aliphatic rings. The molecule has 34 heavy (non-hydrogen) atoms. The molecule has 0 aromatic carbocycles. The second-order valence-electron chi connectivity index (χ2n) is 8.40. The number of halogens is 1. The first kappa shape index (κ1) is 24.2. The maximum atomic E-state index is 15.0. The maximum Gasteiger partial charge on any atom is 0.260 e. The Morgan fingerprint density at radius 2 is 2.24 bits per heavy atom. The lowest BCUT2D eigenvalue weighted by atomic mass is 9.94. The summed E-state index contributed by atoms with van der Waals surface area (Å²) in [6.45, 7) is 1.87. The predicted octanol–water partition coefficient (Wildman–Crippen LogP) is 0.875. The van der Waals surface area contributed by atoms with Gasteiger partial charge in [-0.3, -0.25) is 0 Å². The van der Waals surface area contributed by atoms with Gasteiger partial charge in [-0.05, 0) is 25.5 Å². The van der Waals surface area contributed by atoms with Crippen molar-refractivity contribution in [3.8, 4) is 11.9 Å². The number of alkyl halides is 1. The summed E-state index contributed by atoms with van der Waals surface area (Å²) >= 11 is 0. The molecule has 2 N–H and O–H groups in total. The molecule has 2 unspecified atom stereocenters. The SMILES string of the molecule is CC1(O)CCOCC1Oc1nc(N[C@@H]2CCN(S(=O)(=O)c3ccccn3)C[C@H]2F)ncc1C#N. The molecule has 11 nitrogen and oxygen atoms in total. The van der Waals surface area contributed by atoms with Crippen LogP contribution in [0.15, 0.2) is 35.6 Å². The van der Waals surface area contributed by atoms with Gasteiger partial charge < -0.3 is 19.9 Å². The first-order valence-corrected chi connectivity index (χ1v) is 12.2. The molecule has 0 radical (unpaired) electrons. The Morgan fingerprint density at radius 1 is 1.41 bits per heavy atom. The van der Waals surface area contributed by atoms with E-state index >= 15 is 0 Å². The number of hydrogen-bond donors (Lipinski definition) is 2. The molecule has 0 bridgehead atoms. The molecule has 13 heteroatoms. The van der Waals surface area contributed by atoms with Crippen LogP contribution in [0.25, 0.3) is 0 Å². The zero-order valence-electron chi connectivity index (χ0n) is 18.5. The highest BCUT2D eigenvalue weighted by molar-refractivity contribution is 7.89. The summed E-state index contributed by atoms with van der Waals surface area (Å²) in [4.78, 5) is 12.1. The average Bonchev–Trinajstić information content (AvgIpc) is 2.82. The number of ether oxygens (including phenoxy) is 2. The van der Waals surface area contributed by atoms with Gasteiger partial charge in [-0.25, -0.2) is 22.8 Å². The van der Waals surface area contributed by atoms with Crippen molar-refractivity contribution in [1.29, 1.82) is 5.26 Å². The van der Waals surface area contributed by atoms with Crippen LogP contribution in [-0.4, -0.2) is 83.0 Å². The zero-order valence-corrected chi connectivity index (χ0v) is 19.3. The Labute approximate surface area is 196 Å². The van der Waals surface area contributed by atoms with Crippen molar-refractivity contribution < 1.29 is 27.4 Å². The highest BCUT2D eigenvalue weighted by atomic mass is 32.2. The number of aliphatic hydroxyl groups is 1. The summed E-state index contributed by atoms with van der Waals surface area (Å²) in [5.74, 6) is -0.0274. The lowest BCUT2D eigenvalue weighted by molar-refractivity contribution is -0.132. The topological polar surface area (TPSA) is 151 Å². The molecule has 182 valence electrons. The molecule has 2 fully saturated rings. The smallest absolute Gasteiger partial charge is 0.260 e. The van der Waals surface area contributed by atoms with Crippen LogP contribution in [0, 0.1) is 11.3 Å². The van der Waals surface area contributed by atoms with E-state index in [9.17, 15) is 23.2 Å². The van der Waals surface area contributed by atoms with Gasteiger partial charge in [0, 0.05) is 32.3 Å². The van der Waals surface area contributed by atoms with Crippen LogP contribution < -0.4 is 10.1 Å². The maximum absolute atomic E-state index is 15.0. The summed E-state index contributed by atoms with van der Waals surface area (Å²) in [5.41, 5.74) is -1.11. The lowest BCUT2D eigenvalue weighted by Crippen LogP contribution is -2.50. The van der Waals surface area contributed by atoms with E-state index in [2.05, 4.69) is 20.3 Å². The van der Waals surface area contributed by atoms with Gasteiger partial charge in [0.15, 0.2) is 11.1 Å². The van der Waals surface area contributed by atoms with Crippen molar-refractivity contribution in [3.05, 3.63) is 36.2 Å². The molecule has 4 atom stereocenters. The molecule has 4 heterocycles. The molecular weight excluding hydrogens is 467 g/mol. The number of pyridine rings is 1. The van der Waals surface area contributed by atoms with E-state index in [0.29, 0.717) is 13.0 Å². The van der Waals surface area contributed by atoms with Gasteiger partial charge in [0.2, 0.25) is 11.8 Å². The van der Waals surface area contributed by atoms with E-state index < -0.39 is 33.9 Å². The summed E-state index contributed by atoms with van der Waals surface area (Å²) in [7, 11) is -3.90. The van der Waals surface area contributed by atoms with E-state index in [1.807, 2.05) is 6.07 Å². The van der Waals surface area contributed by atoms with Gasteiger partial charge in [0.25, 0.3) is 10.0 Å². The van der Waals surface area contributed by atoms with Gasteiger partial charge >= 0.3 is 0 Å². The van der Waals surface area contributed by atoms with E-state index in [1.165, 1.54) is 18.5 Å². The molecular formula is C21H25FN6O5S. The van der Waals surface area contributed by atoms with Crippen LogP contribution in [0.4, 0.5) is 10.3 Å². The summed E-state index contributed by atoms with van der Waals surface area (Å²) in [5, 5.41) is 22.7. The summed E-state index contributed by atoms with van der Waals surface area (Å²) < 4.78 is 52.6. The fourth-order valence-electron chi connectivity index (χ4n) is 3.76. The second kappa shape index (κ2) is 9.75. The molecule has 4 rings (SSSR count). The van der Waals surface area contributed by atoms with Gasteiger partial charge in [-0.1, -0.05) is 6.07 Å². The van der Waals surface area contributed by atoms with Gasteiger partial charge in [0.05, 0.1) is 18.8 Å². The van der Waals surface area contributed by atoms with Crippen molar-refractivity contribution in [2.24, 2.45) is 0 Å². The van der Waals surface area contributed by atoms with E-state index in [0.717, 1.165) is 4.31 Å². The number of piperidine rings is 1. The fourth-order valence-corrected chi connectivity index (χ4v) is 5.16. The number of anilines is 1. The summed E-state index contributed by atoms with van der Waals surface area (Å²) in [6.07, 6.45) is 0.858. The first-order chi connectivity index (χ1) is 16.2. The van der Waals surface area contributed by atoms with Crippen molar-refractivity contribution in [1.82, 2.24) is 19.3 Å². The van der Waals surface area contributed by atoms with E-state index in [-0.39, 0.29) is 48.5 Å². The highest BCUT2D eigenvalue weighted by Gasteiger charge is 2.39. The Hall–Kier alpha value is -2.92. The number of hydrogen-bond acceptors (Lipinski definition) is 10. The van der Waals surface area contributed by atoms with Crippen LogP contribution >= 0.6 is 0 Å². The second-order valence-corrected chi connectivity index (χ2v) is 10.3. The third-order valence-electron chi connectivity index (χ3n) is 5.90. The van der Waals surface area contributed by atoms with Crippen molar-refractivity contribution in [3.63, 3.8) is 0 Å². The monoisotopic (exact) mass is 492 g/mol. The Kier molecular flexibility index (Phi) is 6.94. The zero-order chi connectivity index (χ0) is 24.3. The van der Waals surface area contributed by atoms with Gasteiger partial charge in [0.1, 0.15) is 23.4 Å². The third kappa shape index (κ3) is 5.10. The highest BCUT2D eigenvalue weighted by Crippen LogP contribution is 2.28. The van der Waals surface area contributed by atoms with E-state index in [1.54, 1.807) is 19.1 Å². The molecule has 0 aliphatic carbocycles. The largest absolute Gasteiger partial charge is 0.468 e. The number of nitrogens with one attached hydrogen (secondary N) is 1. The first-order valence-electron chi connectivity index (χ1n) is 10.8. The number of rotatable bonds is 6. The molecule has 2 aromatic heterocycles. The summed E-state index contributed by atoms with van der Waals surface area (Å²) in [6, 6.07) is 5.71. The van der Waals surface area contributed by atoms with Crippen LogP contribution in [0.2, 0.25) is 0 Å². The van der Waals surface area contributed by atoms with Crippen LogP contribution in [0.3, 0.4) is 0 Å². The van der Waals surface area contributed by atoms with Crippen LogP contribution in [0.1, 0.15) is 25.3 Å². The van der Waals surface area contributed by atoms with Crippen molar-refractivity contribution in [2.45, 2.75) is 48.7 Å². The average molecular weight is 493 g/mol. The molecule has 2 saturated heterocycles. The minimum atomic E-state index is -3.90. The van der Waals surface area contributed by atoms with E-state index in [4.69, 9.17) is 9.47 Å². The number of nitriles is 1. The van der Waals surface area contributed by atoms with Gasteiger partial charge in [-0.15, -0.1) is 0 Å². The Bertz CT molecular complexity index is 1160. The molecule has 2 aliphatic heterocycles. The molecule has 0 saturated carbocycles.